The van der Waals surface area contributed by atoms with Gasteiger partial charge in [-0.3, -0.25) is 30.0 Å². The summed E-state index contributed by atoms with van der Waals surface area (Å²) in [6.45, 7) is 11.2. The molecule has 296 valence electrons. The number of esters is 1. The van der Waals surface area contributed by atoms with E-state index in [9.17, 15) is 28.8 Å². The third-order valence-corrected chi connectivity index (χ3v) is 7.11. The van der Waals surface area contributed by atoms with Crippen LogP contribution in [0.3, 0.4) is 0 Å². The molecule has 4 N–H and O–H groups in total. The Morgan fingerprint density at radius 1 is 0.741 bits per heavy atom. The van der Waals surface area contributed by atoms with Crippen molar-refractivity contribution in [1.82, 2.24) is 26.2 Å². The molecule has 16 heteroatoms. The fraction of sp³-hybridized carbons (Fsp3) is 0.500. The van der Waals surface area contributed by atoms with Crippen LogP contribution in [0, 0.1) is 0 Å². The van der Waals surface area contributed by atoms with Crippen LogP contribution in [0.1, 0.15) is 78.9 Å². The highest BCUT2D eigenvalue weighted by Crippen LogP contribution is 2.13. The Balaban J connectivity index is 2.21. The summed E-state index contributed by atoms with van der Waals surface area (Å²) in [5.41, 5.74) is -0.109. The van der Waals surface area contributed by atoms with Gasteiger partial charge in [-0.05, 0) is 71.9 Å². The number of carbonyl (C=O) groups is 6. The zero-order valence-electron chi connectivity index (χ0n) is 32.4. The van der Waals surface area contributed by atoms with Crippen LogP contribution in [-0.2, 0) is 46.5 Å². The van der Waals surface area contributed by atoms with Gasteiger partial charge in [0.1, 0.15) is 43.0 Å². The molecule has 5 amide bonds. The summed E-state index contributed by atoms with van der Waals surface area (Å²) in [5.74, 6) is -2.17. The molecule has 0 saturated carbocycles. The number of rotatable bonds is 15. The monoisotopic (exact) mass is 754 g/mol. The predicted molar refractivity (Wildman–Crippen MR) is 200 cm³/mol. The third-order valence-electron chi connectivity index (χ3n) is 7.11. The Hall–Kier alpha value is -5.67. The zero-order valence-corrected chi connectivity index (χ0v) is 32.4. The molecule has 16 nitrogen and oxygen atoms in total. The minimum absolute atomic E-state index is 0.0267. The van der Waals surface area contributed by atoms with Crippen LogP contribution in [0.25, 0.3) is 0 Å². The van der Waals surface area contributed by atoms with E-state index in [0.717, 1.165) is 11.1 Å². The van der Waals surface area contributed by atoms with Gasteiger partial charge in [-0.1, -0.05) is 67.6 Å². The first-order valence-corrected chi connectivity index (χ1v) is 17.6. The van der Waals surface area contributed by atoms with Gasteiger partial charge in [-0.2, -0.15) is 0 Å². The molecule has 0 fully saturated rings. The first-order chi connectivity index (χ1) is 25.4. The molecule has 0 unspecified atom stereocenters. The maximum absolute atomic E-state index is 13.6. The van der Waals surface area contributed by atoms with Crippen molar-refractivity contribution in [3.05, 3.63) is 71.8 Å². The Labute approximate surface area is 316 Å². The predicted octanol–water partition coefficient (Wildman–Crippen LogP) is 4.56. The van der Waals surface area contributed by atoms with Gasteiger partial charge in [0.25, 0.3) is 0 Å². The number of nitrogens with one attached hydrogen (secondary N) is 4. The second-order valence-corrected chi connectivity index (χ2v) is 14.1. The van der Waals surface area contributed by atoms with Gasteiger partial charge in [0.05, 0.1) is 0 Å². The van der Waals surface area contributed by atoms with E-state index in [2.05, 4.69) is 26.3 Å². The fourth-order valence-corrected chi connectivity index (χ4v) is 4.64. The standard InChI is InChI=1S/C38H54N6O10/c1-9-28(41-36(50)54-38(5,6)7)32(47)44(8)29(31(46)40-23-30(45)53-37(2,3)4)21-16-22-39-33(42-34(48)51-24-26-17-12-10-13-18-26)43-35(49)52-25-27-19-14-11-15-20-27/h10-15,17-20,28-29H,9,16,21-25H2,1-8H3,(H,40,46)(H,41,50)(H2,39,42,43,48,49)/t28-,29+/m1/s1. The van der Waals surface area contributed by atoms with Gasteiger partial charge in [-0.25, -0.2) is 14.4 Å². The Bertz CT molecular complexity index is 1510. The van der Waals surface area contributed by atoms with Gasteiger partial charge in [0.2, 0.25) is 17.8 Å². The van der Waals surface area contributed by atoms with Crippen molar-refractivity contribution in [2.45, 2.75) is 104 Å². The Kier molecular flexibility index (Phi) is 17.9. The number of amides is 5. The summed E-state index contributed by atoms with van der Waals surface area (Å²) in [6, 6.07) is 15.8. The number of carbonyl (C=O) groups excluding carboxylic acids is 6. The number of alkyl carbamates (subject to hydrolysis) is 3. The summed E-state index contributed by atoms with van der Waals surface area (Å²) in [5, 5.41) is 9.89. The Morgan fingerprint density at radius 3 is 1.70 bits per heavy atom. The Morgan fingerprint density at radius 2 is 1.24 bits per heavy atom. The summed E-state index contributed by atoms with van der Waals surface area (Å²) in [7, 11) is 1.41. The molecular weight excluding hydrogens is 700 g/mol. The smallest absolute Gasteiger partial charge is 0.414 e. The lowest BCUT2D eigenvalue weighted by molar-refractivity contribution is -0.155. The maximum atomic E-state index is 13.6. The lowest BCUT2D eigenvalue weighted by Gasteiger charge is -2.31. The molecule has 0 aromatic heterocycles. The topological polar surface area (TPSA) is 203 Å². The lowest BCUT2D eigenvalue weighted by atomic mass is 10.1. The molecule has 2 atom stereocenters. The minimum atomic E-state index is -1.12. The highest BCUT2D eigenvalue weighted by Gasteiger charge is 2.32. The first-order valence-electron chi connectivity index (χ1n) is 17.6. The van der Waals surface area contributed by atoms with Crippen LogP contribution < -0.4 is 21.3 Å². The molecule has 0 radical (unpaired) electrons. The number of hydrogen-bond donors (Lipinski definition) is 4. The van der Waals surface area contributed by atoms with Crippen molar-refractivity contribution in [3.8, 4) is 0 Å². The largest absolute Gasteiger partial charge is 0.459 e. The quantitative estimate of drug-likeness (QED) is 0.0656. The highest BCUT2D eigenvalue weighted by molar-refractivity contribution is 6.01. The van der Waals surface area contributed by atoms with Gasteiger partial charge in [0, 0.05) is 13.6 Å². The number of nitrogens with zero attached hydrogens (tertiary/aromatic N) is 2. The van der Waals surface area contributed by atoms with Crippen LogP contribution in [0.15, 0.2) is 65.7 Å². The summed E-state index contributed by atoms with van der Waals surface area (Å²) >= 11 is 0. The van der Waals surface area contributed by atoms with E-state index in [1.165, 1.54) is 11.9 Å². The van der Waals surface area contributed by atoms with Crippen molar-refractivity contribution in [2.24, 2.45) is 4.99 Å². The van der Waals surface area contributed by atoms with E-state index in [-0.39, 0.29) is 45.0 Å². The lowest BCUT2D eigenvalue weighted by Crippen LogP contribution is -2.55. The zero-order chi connectivity index (χ0) is 40.3. The second kappa shape index (κ2) is 21.8. The molecule has 0 aliphatic carbocycles. The van der Waals surface area contributed by atoms with Crippen molar-refractivity contribution in [3.63, 3.8) is 0 Å². The molecule has 2 aromatic carbocycles. The van der Waals surface area contributed by atoms with E-state index >= 15 is 0 Å². The van der Waals surface area contributed by atoms with Gasteiger partial charge in [0.15, 0.2) is 0 Å². The molecule has 54 heavy (non-hydrogen) atoms. The number of ether oxygens (including phenoxy) is 4. The average Bonchev–Trinajstić information content (AvgIpc) is 3.10. The van der Waals surface area contributed by atoms with Gasteiger partial charge >= 0.3 is 24.2 Å². The van der Waals surface area contributed by atoms with E-state index in [1.54, 1.807) is 97.0 Å². The van der Waals surface area contributed by atoms with Crippen molar-refractivity contribution in [2.75, 3.05) is 20.1 Å². The molecule has 2 aromatic rings. The summed E-state index contributed by atoms with van der Waals surface area (Å²) < 4.78 is 21.1. The number of aliphatic imine (C=N–C) groups is 1. The van der Waals surface area contributed by atoms with Gasteiger partial charge in [-0.15, -0.1) is 0 Å². The van der Waals surface area contributed by atoms with Crippen LogP contribution in [-0.4, -0.2) is 90.3 Å². The maximum Gasteiger partial charge on any atom is 0.414 e. The third kappa shape index (κ3) is 18.2. The van der Waals surface area contributed by atoms with E-state index < -0.39 is 65.9 Å². The minimum Gasteiger partial charge on any atom is -0.459 e. The van der Waals surface area contributed by atoms with Crippen molar-refractivity contribution < 1.29 is 47.7 Å². The van der Waals surface area contributed by atoms with Crippen molar-refractivity contribution >= 4 is 42.0 Å². The SMILES string of the molecule is CC[C@@H](NC(=O)OC(C)(C)C)C(=O)N(C)[C@@H](CCCN=C(NC(=O)OCc1ccccc1)NC(=O)OCc1ccccc1)C(=O)NCC(=O)OC(C)(C)C. The van der Waals surface area contributed by atoms with E-state index in [1.807, 2.05) is 12.1 Å². The summed E-state index contributed by atoms with van der Waals surface area (Å²) in [6.07, 6.45) is -2.21. The number of guanidine groups is 1. The number of hydrogen-bond acceptors (Lipinski definition) is 11. The number of likely N-dealkylation sites (N-methyl/N-ethyl adjacent to an activating group) is 1. The van der Waals surface area contributed by atoms with Crippen LogP contribution in [0.2, 0.25) is 0 Å². The van der Waals surface area contributed by atoms with Crippen molar-refractivity contribution in [1.29, 1.82) is 0 Å². The molecule has 0 saturated heterocycles. The average molecular weight is 755 g/mol. The first kappa shape index (κ1) is 44.5. The molecular formula is C38H54N6O10. The normalized spacial score (nSPS) is 12.1. The van der Waals surface area contributed by atoms with Crippen LogP contribution in [0.4, 0.5) is 14.4 Å². The fourth-order valence-electron chi connectivity index (χ4n) is 4.64. The molecule has 0 bridgehead atoms. The second-order valence-electron chi connectivity index (χ2n) is 14.1. The molecule has 0 aliphatic rings. The van der Waals surface area contributed by atoms with E-state index in [4.69, 9.17) is 18.9 Å². The molecule has 0 aliphatic heterocycles. The number of benzene rings is 2. The van der Waals surface area contributed by atoms with Crippen LogP contribution >= 0.6 is 0 Å². The molecule has 0 spiro atoms. The summed E-state index contributed by atoms with van der Waals surface area (Å²) in [4.78, 5) is 82.7. The van der Waals surface area contributed by atoms with Crippen LogP contribution in [0.5, 0.6) is 0 Å². The van der Waals surface area contributed by atoms with Gasteiger partial charge < -0.3 is 34.5 Å². The van der Waals surface area contributed by atoms with E-state index in [0.29, 0.717) is 0 Å². The molecule has 0 heterocycles. The highest BCUT2D eigenvalue weighted by atomic mass is 16.6. The molecule has 2 rings (SSSR count).